The maximum absolute atomic E-state index is 3.66. The van der Waals surface area contributed by atoms with Crippen molar-refractivity contribution in [2.45, 2.75) is 45.4 Å². The highest BCUT2D eigenvalue weighted by Crippen LogP contribution is 2.00. The topological polar surface area (TPSA) is 0 Å². The van der Waals surface area contributed by atoms with Crippen LogP contribution < -0.4 is 0 Å². The predicted molar refractivity (Wildman–Crippen MR) is 61.9 cm³/mol. The van der Waals surface area contributed by atoms with Crippen LogP contribution in [0, 0.1) is 0 Å². The van der Waals surface area contributed by atoms with Gasteiger partial charge >= 0.3 is 0 Å². The predicted octanol–water partition coefficient (Wildman–Crippen LogP) is 4.65. The summed E-state index contributed by atoms with van der Waals surface area (Å²) in [4.78, 5) is 0. The summed E-state index contributed by atoms with van der Waals surface area (Å²) in [6, 6.07) is 0. The Balaban J connectivity index is 3.16. The fraction of sp³-hybridized carbons (Fsp3) is 0.538. The lowest BCUT2D eigenvalue weighted by atomic mass is 10.2. The zero-order valence-corrected chi connectivity index (χ0v) is 8.84. The van der Waals surface area contributed by atoms with Gasteiger partial charge in [0.15, 0.2) is 0 Å². The fourth-order valence-corrected chi connectivity index (χ4v) is 1.09. The second-order valence-electron chi connectivity index (χ2n) is 3.20. The molecule has 0 fully saturated rings. The number of allylic oxidation sites excluding steroid dienone is 5. The second-order valence-corrected chi connectivity index (χ2v) is 3.20. The standard InChI is InChI=1S/C13H22/c1-3-5-7-9-11-13-12-10-8-6-4-2/h3,7,9,12-13H,1,4-6,8,10-11H2,2H3. The van der Waals surface area contributed by atoms with Gasteiger partial charge in [-0.3, -0.25) is 0 Å². The van der Waals surface area contributed by atoms with Gasteiger partial charge < -0.3 is 0 Å². The minimum absolute atomic E-state index is 0.990. The molecule has 13 heavy (non-hydrogen) atoms. The van der Waals surface area contributed by atoms with Crippen molar-refractivity contribution in [3.05, 3.63) is 37.0 Å². The SMILES string of the molecule is C=CCC=CCC=CCCCCC. The van der Waals surface area contributed by atoms with Crippen LogP contribution in [0.25, 0.3) is 0 Å². The number of hydrogen-bond donors (Lipinski definition) is 0. The van der Waals surface area contributed by atoms with E-state index in [1.807, 2.05) is 6.08 Å². The van der Waals surface area contributed by atoms with Gasteiger partial charge in [-0.05, 0) is 25.7 Å². The summed E-state index contributed by atoms with van der Waals surface area (Å²) >= 11 is 0. The van der Waals surface area contributed by atoms with Gasteiger partial charge in [-0.15, -0.1) is 6.58 Å². The van der Waals surface area contributed by atoms with E-state index in [1.54, 1.807) is 0 Å². The van der Waals surface area contributed by atoms with Crippen LogP contribution in [0.1, 0.15) is 45.4 Å². The Morgan fingerprint density at radius 3 is 2.31 bits per heavy atom. The molecule has 0 aromatic carbocycles. The molecular formula is C13H22. The lowest BCUT2D eigenvalue weighted by Gasteiger charge is -1.90. The molecule has 0 N–H and O–H groups in total. The molecule has 0 atom stereocenters. The molecule has 0 saturated heterocycles. The number of hydrogen-bond acceptors (Lipinski definition) is 0. The van der Waals surface area contributed by atoms with Crippen molar-refractivity contribution in [2.75, 3.05) is 0 Å². The quantitative estimate of drug-likeness (QED) is 0.375. The number of rotatable bonds is 8. The normalized spacial score (nSPS) is 11.5. The Labute approximate surface area is 83.0 Å². The highest BCUT2D eigenvalue weighted by Gasteiger charge is 1.80. The first-order valence-corrected chi connectivity index (χ1v) is 5.32. The highest BCUT2D eigenvalue weighted by atomic mass is 13.9. The Kier molecular flexibility index (Phi) is 10.5. The molecule has 0 aliphatic heterocycles. The Bertz CT molecular complexity index is 151. The zero-order chi connectivity index (χ0) is 9.78. The van der Waals surface area contributed by atoms with E-state index in [0.29, 0.717) is 0 Å². The summed E-state index contributed by atoms with van der Waals surface area (Å²) in [5, 5.41) is 0. The van der Waals surface area contributed by atoms with Crippen molar-refractivity contribution in [3.63, 3.8) is 0 Å². The summed E-state index contributed by atoms with van der Waals surface area (Å²) in [6.45, 7) is 5.90. The van der Waals surface area contributed by atoms with Crippen molar-refractivity contribution in [1.82, 2.24) is 0 Å². The van der Waals surface area contributed by atoms with Crippen LogP contribution in [0.2, 0.25) is 0 Å². The maximum Gasteiger partial charge on any atom is -0.0169 e. The third-order valence-electron chi connectivity index (χ3n) is 1.88. The van der Waals surface area contributed by atoms with Gasteiger partial charge in [0.25, 0.3) is 0 Å². The van der Waals surface area contributed by atoms with Crippen LogP contribution in [0.15, 0.2) is 37.0 Å². The summed E-state index contributed by atoms with van der Waals surface area (Å²) < 4.78 is 0. The molecule has 0 aliphatic rings. The summed E-state index contributed by atoms with van der Waals surface area (Å²) in [6.07, 6.45) is 18.1. The van der Waals surface area contributed by atoms with Crippen molar-refractivity contribution < 1.29 is 0 Å². The van der Waals surface area contributed by atoms with Crippen LogP contribution in [-0.4, -0.2) is 0 Å². The molecule has 0 rings (SSSR count). The average molecular weight is 178 g/mol. The third kappa shape index (κ3) is 11.2. The monoisotopic (exact) mass is 178 g/mol. The van der Waals surface area contributed by atoms with Crippen molar-refractivity contribution in [1.29, 1.82) is 0 Å². The van der Waals surface area contributed by atoms with E-state index in [2.05, 4.69) is 37.8 Å². The third-order valence-corrected chi connectivity index (χ3v) is 1.88. The molecule has 0 unspecified atom stereocenters. The Morgan fingerprint density at radius 1 is 0.923 bits per heavy atom. The first kappa shape index (κ1) is 12.2. The smallest absolute Gasteiger partial charge is 0.0169 e. The maximum atomic E-state index is 3.66. The first-order valence-electron chi connectivity index (χ1n) is 5.32. The molecular weight excluding hydrogens is 156 g/mol. The van der Waals surface area contributed by atoms with E-state index >= 15 is 0 Å². The molecule has 0 bridgehead atoms. The molecule has 0 nitrogen and oxygen atoms in total. The van der Waals surface area contributed by atoms with E-state index in [0.717, 1.165) is 12.8 Å². The summed E-state index contributed by atoms with van der Waals surface area (Å²) in [7, 11) is 0. The molecule has 0 spiro atoms. The molecule has 0 aromatic rings. The van der Waals surface area contributed by atoms with E-state index < -0.39 is 0 Å². The van der Waals surface area contributed by atoms with Gasteiger partial charge in [0.1, 0.15) is 0 Å². The van der Waals surface area contributed by atoms with Crippen LogP contribution in [-0.2, 0) is 0 Å². The van der Waals surface area contributed by atoms with Gasteiger partial charge in [-0.25, -0.2) is 0 Å². The molecule has 0 heteroatoms. The molecule has 74 valence electrons. The molecule has 0 heterocycles. The van der Waals surface area contributed by atoms with Gasteiger partial charge in [0, 0.05) is 0 Å². The summed E-state index contributed by atoms with van der Waals surface area (Å²) in [5.74, 6) is 0. The van der Waals surface area contributed by atoms with Crippen LogP contribution in [0.5, 0.6) is 0 Å². The van der Waals surface area contributed by atoms with Crippen molar-refractivity contribution in [3.8, 4) is 0 Å². The van der Waals surface area contributed by atoms with Gasteiger partial charge in [-0.1, -0.05) is 50.1 Å². The van der Waals surface area contributed by atoms with Crippen LogP contribution in [0.3, 0.4) is 0 Å². The minimum atomic E-state index is 0.990. The van der Waals surface area contributed by atoms with Crippen LogP contribution in [0.4, 0.5) is 0 Å². The number of unbranched alkanes of at least 4 members (excludes halogenated alkanes) is 3. The van der Waals surface area contributed by atoms with E-state index in [-0.39, 0.29) is 0 Å². The van der Waals surface area contributed by atoms with Gasteiger partial charge in [0.05, 0.1) is 0 Å². The molecule has 0 radical (unpaired) electrons. The summed E-state index contributed by atoms with van der Waals surface area (Å²) in [5.41, 5.74) is 0. The fourth-order valence-electron chi connectivity index (χ4n) is 1.09. The van der Waals surface area contributed by atoms with E-state index in [1.165, 1.54) is 25.7 Å². The minimum Gasteiger partial charge on any atom is -0.103 e. The van der Waals surface area contributed by atoms with Gasteiger partial charge in [-0.2, -0.15) is 0 Å². The van der Waals surface area contributed by atoms with E-state index in [9.17, 15) is 0 Å². The van der Waals surface area contributed by atoms with Crippen LogP contribution >= 0.6 is 0 Å². The largest absolute Gasteiger partial charge is 0.103 e. The van der Waals surface area contributed by atoms with E-state index in [4.69, 9.17) is 0 Å². The Hall–Kier alpha value is -0.780. The lowest BCUT2D eigenvalue weighted by molar-refractivity contribution is 0.728. The first-order chi connectivity index (χ1) is 6.41. The highest BCUT2D eigenvalue weighted by molar-refractivity contribution is 4.95. The zero-order valence-electron chi connectivity index (χ0n) is 8.84. The second kappa shape index (κ2) is 11.2. The molecule has 0 aromatic heterocycles. The van der Waals surface area contributed by atoms with Crippen molar-refractivity contribution >= 4 is 0 Å². The Morgan fingerprint density at radius 2 is 1.62 bits per heavy atom. The van der Waals surface area contributed by atoms with Crippen molar-refractivity contribution in [2.24, 2.45) is 0 Å². The van der Waals surface area contributed by atoms with Gasteiger partial charge in [0.2, 0.25) is 0 Å². The lowest BCUT2D eigenvalue weighted by Crippen LogP contribution is -1.70. The average Bonchev–Trinajstić information content (AvgIpc) is 2.16. The molecule has 0 saturated carbocycles. The molecule has 0 aliphatic carbocycles. The molecule has 0 amide bonds.